The van der Waals surface area contributed by atoms with Crippen molar-refractivity contribution in [3.63, 3.8) is 0 Å². The fraction of sp³-hybridized carbons (Fsp3) is 0.926. The van der Waals surface area contributed by atoms with E-state index in [0.29, 0.717) is 58.6 Å². The predicted molar refractivity (Wildman–Crippen MR) is 135 cm³/mol. The summed E-state index contributed by atoms with van der Waals surface area (Å²) in [6, 6.07) is 0. The van der Waals surface area contributed by atoms with E-state index < -0.39 is 11.4 Å². The number of likely N-dealkylation sites (tertiary alicyclic amines) is 2. The normalized spacial score (nSPS) is 29.7. The average molecular weight is 513 g/mol. The first-order chi connectivity index (χ1) is 17.1. The molecule has 208 valence electrons. The van der Waals surface area contributed by atoms with Crippen molar-refractivity contribution in [2.75, 3.05) is 46.0 Å². The molecule has 3 rings (SSSR count). The van der Waals surface area contributed by atoms with Crippen LogP contribution in [0.5, 0.6) is 0 Å². The lowest BCUT2D eigenvalue weighted by Crippen LogP contribution is -2.68. The van der Waals surface area contributed by atoms with Gasteiger partial charge in [-0.05, 0) is 80.1 Å². The lowest BCUT2D eigenvalue weighted by Gasteiger charge is -2.48. The summed E-state index contributed by atoms with van der Waals surface area (Å²) in [5.74, 6) is -1.97. The van der Waals surface area contributed by atoms with Gasteiger partial charge in [0, 0.05) is 39.4 Å². The molecule has 1 saturated carbocycles. The first kappa shape index (κ1) is 29.3. The largest absolute Gasteiger partial charge is 0.466 e. The van der Waals surface area contributed by atoms with E-state index in [1.165, 1.54) is 0 Å². The maximum absolute atomic E-state index is 14.1. The molecular formula is C27H48N2O7. The summed E-state index contributed by atoms with van der Waals surface area (Å²) in [6.45, 7) is 15.5. The summed E-state index contributed by atoms with van der Waals surface area (Å²) in [5.41, 5.74) is -0.661. The van der Waals surface area contributed by atoms with Crippen LogP contribution in [-0.4, -0.2) is 97.5 Å². The van der Waals surface area contributed by atoms with Crippen molar-refractivity contribution in [1.29, 1.82) is 0 Å². The van der Waals surface area contributed by atoms with Crippen LogP contribution in [0.25, 0.3) is 0 Å². The average Bonchev–Trinajstić information content (AvgIpc) is 3.49. The molecule has 0 bridgehead atoms. The highest BCUT2D eigenvalue weighted by atomic mass is 16.6. The summed E-state index contributed by atoms with van der Waals surface area (Å²) in [4.78, 5) is 30.7. The lowest BCUT2D eigenvalue weighted by atomic mass is 9.87. The molecule has 0 N–H and O–H groups in total. The number of ether oxygens (including phenoxy) is 5. The van der Waals surface area contributed by atoms with Crippen molar-refractivity contribution in [2.24, 2.45) is 5.92 Å². The Labute approximate surface area is 217 Å². The molecule has 2 heterocycles. The number of carbonyl (C=O) groups excluding carboxylic acids is 2. The summed E-state index contributed by atoms with van der Waals surface area (Å²) in [6.07, 6.45) is 4.31. The van der Waals surface area contributed by atoms with Crippen LogP contribution in [0.15, 0.2) is 0 Å². The van der Waals surface area contributed by atoms with Gasteiger partial charge in [-0.2, -0.15) is 0 Å². The third kappa shape index (κ3) is 6.98. The molecule has 0 aromatic rings. The Bertz CT molecular complexity index is 699. The van der Waals surface area contributed by atoms with Crippen LogP contribution >= 0.6 is 0 Å². The second-order valence-corrected chi connectivity index (χ2v) is 11.0. The minimum absolute atomic E-state index is 0.107. The van der Waals surface area contributed by atoms with Crippen LogP contribution in [-0.2, 0) is 33.3 Å². The molecule has 9 nitrogen and oxygen atoms in total. The zero-order chi connectivity index (χ0) is 26.3. The van der Waals surface area contributed by atoms with Gasteiger partial charge in [-0.25, -0.2) is 9.69 Å². The van der Waals surface area contributed by atoms with Crippen molar-refractivity contribution < 1.29 is 33.3 Å². The molecule has 0 spiro atoms. The Morgan fingerprint density at radius 2 is 1.36 bits per heavy atom. The number of hydrogen-bond acceptors (Lipinski definition) is 9. The zero-order valence-electron chi connectivity index (χ0n) is 23.3. The van der Waals surface area contributed by atoms with Crippen molar-refractivity contribution in [3.8, 4) is 0 Å². The van der Waals surface area contributed by atoms with Crippen LogP contribution < -0.4 is 0 Å². The molecule has 2 aliphatic heterocycles. The highest BCUT2D eigenvalue weighted by Crippen LogP contribution is 2.38. The molecule has 3 atom stereocenters. The molecule has 0 aromatic carbocycles. The quantitative estimate of drug-likeness (QED) is 0.387. The molecule has 0 radical (unpaired) electrons. The minimum Gasteiger partial charge on any atom is -0.466 e. The van der Waals surface area contributed by atoms with E-state index in [-0.39, 0.29) is 36.2 Å². The van der Waals surface area contributed by atoms with E-state index in [1.807, 2.05) is 41.5 Å². The highest BCUT2D eigenvalue weighted by Gasteiger charge is 2.58. The maximum Gasteiger partial charge on any atom is 0.371 e. The van der Waals surface area contributed by atoms with E-state index >= 15 is 0 Å². The van der Waals surface area contributed by atoms with E-state index in [9.17, 15) is 9.59 Å². The minimum atomic E-state index is -1.35. The van der Waals surface area contributed by atoms with Gasteiger partial charge in [-0.1, -0.05) is 0 Å². The van der Waals surface area contributed by atoms with Crippen molar-refractivity contribution in [2.45, 2.75) is 110 Å². The number of carbonyl (C=O) groups is 2. The molecular weight excluding hydrogens is 464 g/mol. The molecule has 0 aromatic heterocycles. The molecule has 36 heavy (non-hydrogen) atoms. The molecule has 1 unspecified atom stereocenters. The monoisotopic (exact) mass is 512 g/mol. The third-order valence-electron chi connectivity index (χ3n) is 7.23. The summed E-state index contributed by atoms with van der Waals surface area (Å²) >= 11 is 0. The second kappa shape index (κ2) is 13.0. The molecule has 3 aliphatic rings. The Balaban J connectivity index is 1.90. The fourth-order valence-corrected chi connectivity index (χ4v) is 5.67. The number of rotatable bonds is 11. The van der Waals surface area contributed by atoms with Gasteiger partial charge in [0.25, 0.3) is 5.85 Å². The second-order valence-electron chi connectivity index (χ2n) is 11.0. The number of esters is 2. The first-order valence-corrected chi connectivity index (χ1v) is 14.0. The fourth-order valence-electron chi connectivity index (χ4n) is 5.67. The van der Waals surface area contributed by atoms with E-state index in [0.717, 1.165) is 25.9 Å². The summed E-state index contributed by atoms with van der Waals surface area (Å²) in [5, 5.41) is 0. The summed E-state index contributed by atoms with van der Waals surface area (Å²) < 4.78 is 30.3. The van der Waals surface area contributed by atoms with Crippen LogP contribution in [0, 0.1) is 5.92 Å². The number of nitrogens with zero attached hydrogens (tertiary/aromatic N) is 2. The standard InChI is InChI=1S/C27H48N2O7/c1-7-32-22-18-29(19-23(22)33-8-2)27(28-16-10-11-17-28,25(31)36-26(4,5)6)35-21-14-12-20(13-15-21)24(30)34-9-3/h20-23H,7-19H2,1-6H3/t20?,21?,22-,23-,27?/m0/s1. The predicted octanol–water partition coefficient (Wildman–Crippen LogP) is 3.34. The van der Waals surface area contributed by atoms with Crippen LogP contribution in [0.2, 0.25) is 0 Å². The molecule has 0 amide bonds. The molecule has 3 fully saturated rings. The Morgan fingerprint density at radius 3 is 1.83 bits per heavy atom. The van der Waals surface area contributed by atoms with Gasteiger partial charge >= 0.3 is 11.9 Å². The SMILES string of the molecule is CCOC(=O)C1CCC(OC(C(=O)OC(C)(C)C)(N2CCCC2)N2C[C@H](OCC)[C@@H](OCC)C2)CC1. The van der Waals surface area contributed by atoms with E-state index in [1.54, 1.807) is 0 Å². The molecule has 1 aliphatic carbocycles. The van der Waals surface area contributed by atoms with E-state index in [2.05, 4.69) is 9.80 Å². The van der Waals surface area contributed by atoms with Crippen molar-refractivity contribution >= 4 is 11.9 Å². The topological polar surface area (TPSA) is 86.8 Å². The Hall–Kier alpha value is -1.26. The molecule has 2 saturated heterocycles. The van der Waals surface area contributed by atoms with Gasteiger partial charge in [0.2, 0.25) is 0 Å². The van der Waals surface area contributed by atoms with Gasteiger partial charge < -0.3 is 23.7 Å². The highest BCUT2D eigenvalue weighted by molar-refractivity contribution is 5.79. The zero-order valence-corrected chi connectivity index (χ0v) is 23.3. The first-order valence-electron chi connectivity index (χ1n) is 14.0. The van der Waals surface area contributed by atoms with E-state index in [4.69, 9.17) is 23.7 Å². The smallest absolute Gasteiger partial charge is 0.371 e. The lowest BCUT2D eigenvalue weighted by molar-refractivity contribution is -0.275. The Kier molecular flexibility index (Phi) is 10.6. The van der Waals surface area contributed by atoms with Crippen LogP contribution in [0.1, 0.15) is 80.1 Å². The van der Waals surface area contributed by atoms with Crippen LogP contribution in [0.4, 0.5) is 0 Å². The van der Waals surface area contributed by atoms with Gasteiger partial charge in [0.05, 0.1) is 30.8 Å². The van der Waals surface area contributed by atoms with Gasteiger partial charge in [0.1, 0.15) is 5.60 Å². The van der Waals surface area contributed by atoms with Crippen molar-refractivity contribution in [1.82, 2.24) is 9.80 Å². The Morgan fingerprint density at radius 1 is 0.806 bits per heavy atom. The third-order valence-corrected chi connectivity index (χ3v) is 7.23. The van der Waals surface area contributed by atoms with Gasteiger partial charge in [-0.15, -0.1) is 0 Å². The number of hydrogen-bond donors (Lipinski definition) is 0. The van der Waals surface area contributed by atoms with Crippen molar-refractivity contribution in [3.05, 3.63) is 0 Å². The maximum atomic E-state index is 14.1. The summed E-state index contributed by atoms with van der Waals surface area (Å²) in [7, 11) is 0. The molecule has 9 heteroatoms. The van der Waals surface area contributed by atoms with Gasteiger partial charge in [-0.3, -0.25) is 9.69 Å². The van der Waals surface area contributed by atoms with Crippen LogP contribution in [0.3, 0.4) is 0 Å². The van der Waals surface area contributed by atoms with Gasteiger partial charge in [0.15, 0.2) is 0 Å².